The Morgan fingerprint density at radius 1 is 1.56 bits per heavy atom. The van der Waals surface area contributed by atoms with E-state index in [-0.39, 0.29) is 13.0 Å². The molecule has 1 atom stereocenters. The summed E-state index contributed by atoms with van der Waals surface area (Å²) in [7, 11) is 0. The molecule has 1 amide bonds. The molecule has 0 spiro atoms. The Hall–Kier alpha value is -1.75. The standard InChI is InChI=1S/C12H12ClNO4/c1-7-2-3-8(13)6-10(7)14-9(11(15)16)4-5-18-12(14)17/h2-3,6,9H,4-5H2,1H3,(H,15,16). The van der Waals surface area contributed by atoms with Gasteiger partial charge in [0.15, 0.2) is 0 Å². The third-order valence-electron chi connectivity index (χ3n) is 2.84. The summed E-state index contributed by atoms with van der Waals surface area (Å²) in [6.07, 6.45) is -0.397. The predicted molar refractivity (Wildman–Crippen MR) is 66.1 cm³/mol. The first-order chi connectivity index (χ1) is 8.50. The minimum Gasteiger partial charge on any atom is -0.480 e. The maximum absolute atomic E-state index is 11.8. The van der Waals surface area contributed by atoms with Crippen molar-refractivity contribution in [2.45, 2.75) is 19.4 Å². The second-order valence-corrected chi connectivity index (χ2v) is 4.49. The molecule has 1 N–H and O–H groups in total. The van der Waals surface area contributed by atoms with Gasteiger partial charge in [0.05, 0.1) is 12.3 Å². The molecule has 0 radical (unpaired) electrons. The number of carboxylic acid groups (broad SMARTS) is 1. The summed E-state index contributed by atoms with van der Waals surface area (Å²) >= 11 is 5.88. The fraction of sp³-hybridized carbons (Fsp3) is 0.333. The van der Waals surface area contributed by atoms with Gasteiger partial charge >= 0.3 is 12.1 Å². The third-order valence-corrected chi connectivity index (χ3v) is 3.08. The van der Waals surface area contributed by atoms with E-state index in [9.17, 15) is 9.59 Å². The van der Waals surface area contributed by atoms with Gasteiger partial charge in [-0.2, -0.15) is 0 Å². The molecule has 1 saturated heterocycles. The fourth-order valence-electron chi connectivity index (χ4n) is 1.93. The first-order valence-corrected chi connectivity index (χ1v) is 5.83. The Labute approximate surface area is 109 Å². The minimum absolute atomic E-state index is 0.117. The van der Waals surface area contributed by atoms with E-state index in [1.54, 1.807) is 25.1 Å². The zero-order chi connectivity index (χ0) is 13.3. The van der Waals surface area contributed by atoms with Crippen LogP contribution in [0, 0.1) is 6.92 Å². The summed E-state index contributed by atoms with van der Waals surface area (Å²) in [5.41, 5.74) is 1.24. The highest BCUT2D eigenvalue weighted by Crippen LogP contribution is 2.29. The number of benzene rings is 1. The molecule has 0 saturated carbocycles. The number of ether oxygens (including phenoxy) is 1. The number of amides is 1. The Morgan fingerprint density at radius 2 is 2.28 bits per heavy atom. The lowest BCUT2D eigenvalue weighted by Crippen LogP contribution is -2.50. The molecule has 18 heavy (non-hydrogen) atoms. The fourth-order valence-corrected chi connectivity index (χ4v) is 2.09. The van der Waals surface area contributed by atoms with Crippen molar-refractivity contribution in [1.29, 1.82) is 0 Å². The van der Waals surface area contributed by atoms with Crippen LogP contribution in [0.5, 0.6) is 0 Å². The van der Waals surface area contributed by atoms with Gasteiger partial charge in [-0.3, -0.25) is 4.90 Å². The highest BCUT2D eigenvalue weighted by atomic mass is 35.5. The Bertz CT molecular complexity index is 503. The largest absolute Gasteiger partial charge is 0.480 e. The van der Waals surface area contributed by atoms with E-state index in [0.717, 1.165) is 10.5 Å². The van der Waals surface area contributed by atoms with E-state index >= 15 is 0 Å². The van der Waals surface area contributed by atoms with Crippen LogP contribution < -0.4 is 4.90 Å². The monoisotopic (exact) mass is 269 g/mol. The maximum Gasteiger partial charge on any atom is 0.415 e. The van der Waals surface area contributed by atoms with Crippen LogP contribution in [-0.2, 0) is 9.53 Å². The highest BCUT2D eigenvalue weighted by Gasteiger charge is 2.36. The van der Waals surface area contributed by atoms with Crippen LogP contribution in [0.2, 0.25) is 5.02 Å². The molecule has 1 aliphatic heterocycles. The lowest BCUT2D eigenvalue weighted by molar-refractivity contribution is -0.139. The van der Waals surface area contributed by atoms with E-state index in [0.29, 0.717) is 10.7 Å². The number of aryl methyl sites for hydroxylation is 1. The molecule has 6 heteroatoms. The summed E-state index contributed by atoms with van der Waals surface area (Å²) in [5.74, 6) is -1.05. The lowest BCUT2D eigenvalue weighted by Gasteiger charge is -2.33. The van der Waals surface area contributed by atoms with Gasteiger partial charge in [-0.1, -0.05) is 17.7 Å². The summed E-state index contributed by atoms with van der Waals surface area (Å²) in [6, 6.07) is 4.08. The Morgan fingerprint density at radius 3 is 2.94 bits per heavy atom. The average molecular weight is 270 g/mol. The topological polar surface area (TPSA) is 66.8 Å². The van der Waals surface area contributed by atoms with Crippen LogP contribution in [0.25, 0.3) is 0 Å². The number of hydrogen-bond donors (Lipinski definition) is 1. The number of anilines is 1. The van der Waals surface area contributed by atoms with Crippen molar-refractivity contribution in [2.24, 2.45) is 0 Å². The van der Waals surface area contributed by atoms with Crippen LogP contribution in [0.3, 0.4) is 0 Å². The number of carbonyl (C=O) groups excluding carboxylic acids is 1. The van der Waals surface area contributed by atoms with Crippen LogP contribution in [0.1, 0.15) is 12.0 Å². The van der Waals surface area contributed by atoms with Gasteiger partial charge in [-0.25, -0.2) is 9.59 Å². The lowest BCUT2D eigenvalue weighted by atomic mass is 10.1. The van der Waals surface area contributed by atoms with E-state index in [4.69, 9.17) is 21.4 Å². The Balaban J connectivity index is 2.46. The molecule has 96 valence electrons. The van der Waals surface area contributed by atoms with Gasteiger partial charge in [0.25, 0.3) is 0 Å². The summed E-state index contributed by atoms with van der Waals surface area (Å²) in [6.45, 7) is 1.90. The number of rotatable bonds is 2. The predicted octanol–water partition coefficient (Wildman–Crippen LogP) is 2.45. The van der Waals surface area contributed by atoms with E-state index in [2.05, 4.69) is 0 Å². The molecule has 1 unspecified atom stereocenters. The average Bonchev–Trinajstić information content (AvgIpc) is 2.32. The van der Waals surface area contributed by atoms with Gasteiger partial charge in [0.2, 0.25) is 0 Å². The van der Waals surface area contributed by atoms with Gasteiger partial charge in [-0.15, -0.1) is 0 Å². The molecule has 0 aliphatic carbocycles. The zero-order valence-electron chi connectivity index (χ0n) is 9.72. The van der Waals surface area contributed by atoms with Crippen molar-refractivity contribution >= 4 is 29.4 Å². The van der Waals surface area contributed by atoms with Crippen molar-refractivity contribution in [3.8, 4) is 0 Å². The van der Waals surface area contributed by atoms with Crippen LogP contribution in [0.4, 0.5) is 10.5 Å². The number of carbonyl (C=O) groups is 2. The van der Waals surface area contributed by atoms with E-state index < -0.39 is 18.1 Å². The first-order valence-electron chi connectivity index (χ1n) is 5.45. The van der Waals surface area contributed by atoms with Crippen LogP contribution >= 0.6 is 11.6 Å². The van der Waals surface area contributed by atoms with Gasteiger partial charge in [0.1, 0.15) is 6.04 Å². The second-order valence-electron chi connectivity index (χ2n) is 4.06. The van der Waals surface area contributed by atoms with Crippen molar-refractivity contribution in [2.75, 3.05) is 11.5 Å². The van der Waals surface area contributed by atoms with Crippen molar-refractivity contribution in [3.05, 3.63) is 28.8 Å². The summed E-state index contributed by atoms with van der Waals surface area (Å²) in [4.78, 5) is 24.1. The molecule has 1 heterocycles. The van der Waals surface area contributed by atoms with Crippen LogP contribution in [0.15, 0.2) is 18.2 Å². The SMILES string of the molecule is Cc1ccc(Cl)cc1N1C(=O)OCCC1C(=O)O. The molecule has 5 nitrogen and oxygen atoms in total. The highest BCUT2D eigenvalue weighted by molar-refractivity contribution is 6.31. The van der Waals surface area contributed by atoms with E-state index in [1.165, 1.54) is 0 Å². The van der Waals surface area contributed by atoms with Crippen molar-refractivity contribution in [3.63, 3.8) is 0 Å². The molecule has 1 aromatic carbocycles. The number of carboxylic acids is 1. The smallest absolute Gasteiger partial charge is 0.415 e. The number of nitrogens with zero attached hydrogens (tertiary/aromatic N) is 1. The second kappa shape index (κ2) is 4.86. The minimum atomic E-state index is -1.05. The normalized spacial score (nSPS) is 19.6. The summed E-state index contributed by atoms with van der Waals surface area (Å²) in [5, 5.41) is 9.61. The van der Waals surface area contributed by atoms with Gasteiger partial charge in [0, 0.05) is 11.4 Å². The molecule has 2 rings (SSSR count). The molecular weight excluding hydrogens is 258 g/mol. The first kappa shape index (κ1) is 12.7. The zero-order valence-corrected chi connectivity index (χ0v) is 10.5. The number of cyclic esters (lactones) is 1. The van der Waals surface area contributed by atoms with Gasteiger partial charge < -0.3 is 9.84 Å². The molecule has 0 bridgehead atoms. The van der Waals surface area contributed by atoms with Crippen molar-refractivity contribution < 1.29 is 19.4 Å². The summed E-state index contributed by atoms with van der Waals surface area (Å²) < 4.78 is 4.90. The molecular formula is C12H12ClNO4. The number of hydrogen-bond acceptors (Lipinski definition) is 3. The van der Waals surface area contributed by atoms with Crippen LogP contribution in [-0.4, -0.2) is 29.8 Å². The molecule has 0 aromatic heterocycles. The van der Waals surface area contributed by atoms with Gasteiger partial charge in [-0.05, 0) is 24.6 Å². The maximum atomic E-state index is 11.8. The number of halogens is 1. The Kier molecular flexibility index (Phi) is 3.43. The van der Waals surface area contributed by atoms with E-state index in [1.807, 2.05) is 0 Å². The molecule has 1 fully saturated rings. The van der Waals surface area contributed by atoms with Crippen molar-refractivity contribution in [1.82, 2.24) is 0 Å². The quantitative estimate of drug-likeness (QED) is 0.895. The molecule has 1 aromatic rings. The molecule has 1 aliphatic rings. The number of aliphatic carboxylic acids is 1. The third kappa shape index (κ3) is 2.26.